The Labute approximate surface area is 136 Å². The average molecular weight is 393 g/mol. The fourth-order valence-corrected chi connectivity index (χ4v) is 3.17. The lowest BCUT2D eigenvalue weighted by atomic mass is 10.0. The maximum absolute atomic E-state index is 13.8. The summed E-state index contributed by atoms with van der Waals surface area (Å²) in [5, 5.41) is -1.43. The van der Waals surface area contributed by atoms with E-state index in [0.29, 0.717) is 12.1 Å². The molecule has 0 saturated carbocycles. The Kier molecular flexibility index (Phi) is 4.60. The molecule has 3 nitrogen and oxygen atoms in total. The third-order valence-corrected chi connectivity index (χ3v) is 4.38. The number of hydrogen-bond donors (Lipinski definition) is 1. The zero-order chi connectivity index (χ0) is 17.7. The van der Waals surface area contributed by atoms with Crippen molar-refractivity contribution < 1.29 is 34.9 Å². The van der Waals surface area contributed by atoms with Gasteiger partial charge in [0.1, 0.15) is 4.90 Å². The third kappa shape index (κ3) is 3.01. The molecule has 0 aliphatic heterocycles. The first-order valence-electron chi connectivity index (χ1n) is 5.45. The Morgan fingerprint density at radius 1 is 0.826 bits per heavy atom. The van der Waals surface area contributed by atoms with E-state index in [4.69, 9.17) is 27.8 Å². The van der Waals surface area contributed by atoms with Crippen LogP contribution in [0.3, 0.4) is 0 Å². The van der Waals surface area contributed by atoms with Crippen LogP contribution in [0, 0.1) is 29.1 Å². The number of benzene rings is 2. The maximum atomic E-state index is 13.8. The quantitative estimate of drug-likeness (QED) is 0.351. The molecule has 124 valence electrons. The van der Waals surface area contributed by atoms with Gasteiger partial charge >= 0.3 is 0 Å². The van der Waals surface area contributed by atoms with Crippen LogP contribution >= 0.6 is 23.2 Å². The Hall–Kier alpha value is -1.42. The van der Waals surface area contributed by atoms with Gasteiger partial charge in [0.05, 0.1) is 10.6 Å². The molecule has 0 aromatic heterocycles. The Balaban J connectivity index is 2.98. The molecule has 11 heteroatoms. The van der Waals surface area contributed by atoms with Gasteiger partial charge in [-0.3, -0.25) is 4.55 Å². The van der Waals surface area contributed by atoms with Crippen molar-refractivity contribution in [1.82, 2.24) is 0 Å². The summed E-state index contributed by atoms with van der Waals surface area (Å²) in [6, 6.07) is 1.34. The van der Waals surface area contributed by atoms with Crippen LogP contribution in [0.15, 0.2) is 17.0 Å². The molecule has 2 aromatic rings. The third-order valence-electron chi connectivity index (χ3n) is 2.76. The van der Waals surface area contributed by atoms with E-state index in [1.807, 2.05) is 0 Å². The zero-order valence-corrected chi connectivity index (χ0v) is 12.8. The monoisotopic (exact) mass is 392 g/mol. The number of halogens is 7. The van der Waals surface area contributed by atoms with Gasteiger partial charge in [0.25, 0.3) is 10.1 Å². The van der Waals surface area contributed by atoms with E-state index in [1.165, 1.54) is 0 Å². The van der Waals surface area contributed by atoms with E-state index in [9.17, 15) is 30.4 Å². The fraction of sp³-hybridized carbons (Fsp3) is 0. The van der Waals surface area contributed by atoms with Gasteiger partial charge in [-0.2, -0.15) is 8.42 Å². The van der Waals surface area contributed by atoms with Crippen molar-refractivity contribution in [3.63, 3.8) is 0 Å². The van der Waals surface area contributed by atoms with Crippen molar-refractivity contribution in [3.05, 3.63) is 51.3 Å². The molecule has 0 unspecified atom stereocenters. The average Bonchev–Trinajstić information content (AvgIpc) is 2.45. The smallest absolute Gasteiger partial charge is 0.282 e. The molecule has 2 aromatic carbocycles. The molecule has 0 radical (unpaired) electrons. The zero-order valence-electron chi connectivity index (χ0n) is 10.5. The summed E-state index contributed by atoms with van der Waals surface area (Å²) in [4.78, 5) is -1.05. The first-order chi connectivity index (χ1) is 10.5. The molecule has 0 saturated heterocycles. The van der Waals surface area contributed by atoms with Crippen LogP contribution in [0.2, 0.25) is 10.0 Å². The summed E-state index contributed by atoms with van der Waals surface area (Å²) >= 11 is 11.2. The summed E-state index contributed by atoms with van der Waals surface area (Å²) < 4.78 is 98.4. The molecule has 0 atom stereocenters. The van der Waals surface area contributed by atoms with Crippen molar-refractivity contribution >= 4 is 33.3 Å². The van der Waals surface area contributed by atoms with Crippen molar-refractivity contribution in [2.24, 2.45) is 0 Å². The van der Waals surface area contributed by atoms with Crippen LogP contribution < -0.4 is 0 Å². The lowest BCUT2D eigenvalue weighted by Crippen LogP contribution is -2.06. The molecule has 0 aliphatic rings. The highest BCUT2D eigenvalue weighted by Gasteiger charge is 2.30. The van der Waals surface area contributed by atoms with Gasteiger partial charge < -0.3 is 0 Å². The van der Waals surface area contributed by atoms with Crippen LogP contribution in [0.5, 0.6) is 0 Å². The summed E-state index contributed by atoms with van der Waals surface area (Å²) in [6.45, 7) is 0. The summed E-state index contributed by atoms with van der Waals surface area (Å²) in [7, 11) is -4.96. The second-order valence-electron chi connectivity index (χ2n) is 4.19. The summed E-state index contributed by atoms with van der Waals surface area (Å²) in [6.07, 6.45) is 0. The normalized spacial score (nSPS) is 11.8. The maximum Gasteiger partial charge on any atom is 0.296 e. The minimum Gasteiger partial charge on any atom is -0.282 e. The molecule has 0 aliphatic carbocycles. The topological polar surface area (TPSA) is 54.4 Å². The highest BCUT2D eigenvalue weighted by Crippen LogP contribution is 2.40. The van der Waals surface area contributed by atoms with E-state index in [2.05, 4.69) is 0 Å². The summed E-state index contributed by atoms with van der Waals surface area (Å²) in [5.41, 5.74) is -2.36. The molecule has 2 rings (SSSR count). The van der Waals surface area contributed by atoms with Gasteiger partial charge in [-0.05, 0) is 12.1 Å². The minimum atomic E-state index is -4.96. The summed E-state index contributed by atoms with van der Waals surface area (Å²) in [5.74, 6) is -11.3. The first-order valence-corrected chi connectivity index (χ1v) is 7.64. The van der Waals surface area contributed by atoms with Gasteiger partial charge in [0, 0.05) is 10.6 Å². The molecule has 0 bridgehead atoms. The molecular formula is C12H3Cl2F5O3S. The molecule has 0 fully saturated rings. The minimum absolute atomic E-state index is 0.471. The number of hydrogen-bond acceptors (Lipinski definition) is 2. The van der Waals surface area contributed by atoms with Crippen molar-refractivity contribution in [2.75, 3.05) is 0 Å². The van der Waals surface area contributed by atoms with Gasteiger partial charge in [-0.15, -0.1) is 0 Å². The Morgan fingerprint density at radius 2 is 1.26 bits per heavy atom. The molecule has 0 amide bonds. The van der Waals surface area contributed by atoms with Crippen molar-refractivity contribution in [1.29, 1.82) is 0 Å². The molecule has 0 spiro atoms. The van der Waals surface area contributed by atoms with Crippen molar-refractivity contribution in [2.45, 2.75) is 4.90 Å². The lowest BCUT2D eigenvalue weighted by molar-refractivity contribution is 0.381. The van der Waals surface area contributed by atoms with E-state index in [1.54, 1.807) is 0 Å². The predicted octanol–water partition coefficient (Wildman–Crippen LogP) is 4.60. The SMILES string of the molecule is O=S(=O)(O)c1cc(Cl)cc(-c2c(F)c(F)c(F)c(F)c2F)c1Cl. The van der Waals surface area contributed by atoms with Crippen LogP contribution in [-0.2, 0) is 10.1 Å². The van der Waals surface area contributed by atoms with E-state index in [0.717, 1.165) is 0 Å². The molecular weight excluding hydrogens is 390 g/mol. The number of rotatable bonds is 2. The Bertz CT molecular complexity index is 902. The van der Waals surface area contributed by atoms with Gasteiger partial charge in [0.2, 0.25) is 5.82 Å². The molecule has 0 heterocycles. The van der Waals surface area contributed by atoms with Crippen LogP contribution in [0.25, 0.3) is 11.1 Å². The second-order valence-corrected chi connectivity index (χ2v) is 6.39. The molecule has 1 N–H and O–H groups in total. The van der Waals surface area contributed by atoms with Gasteiger partial charge in [-0.1, -0.05) is 23.2 Å². The highest BCUT2D eigenvalue weighted by atomic mass is 35.5. The predicted molar refractivity (Wildman–Crippen MR) is 71.5 cm³/mol. The largest absolute Gasteiger partial charge is 0.296 e. The van der Waals surface area contributed by atoms with Crippen LogP contribution in [-0.4, -0.2) is 13.0 Å². The second kappa shape index (κ2) is 5.90. The van der Waals surface area contributed by atoms with Crippen molar-refractivity contribution in [3.8, 4) is 11.1 Å². The van der Waals surface area contributed by atoms with E-state index in [-0.39, 0.29) is 0 Å². The van der Waals surface area contributed by atoms with Crippen LogP contribution in [0.4, 0.5) is 22.0 Å². The molecule has 23 heavy (non-hydrogen) atoms. The fourth-order valence-electron chi connectivity index (χ4n) is 1.78. The lowest BCUT2D eigenvalue weighted by Gasteiger charge is -2.12. The Morgan fingerprint density at radius 3 is 1.70 bits per heavy atom. The highest BCUT2D eigenvalue weighted by molar-refractivity contribution is 7.86. The van der Waals surface area contributed by atoms with Crippen LogP contribution in [0.1, 0.15) is 0 Å². The van der Waals surface area contributed by atoms with E-state index >= 15 is 0 Å². The van der Waals surface area contributed by atoms with Gasteiger partial charge in [-0.25, -0.2) is 22.0 Å². The van der Waals surface area contributed by atoms with E-state index < -0.39 is 65.3 Å². The van der Waals surface area contributed by atoms with Gasteiger partial charge in [0.15, 0.2) is 23.3 Å². The standard InChI is InChI=1S/C12H3Cl2F5O3S/c13-3-1-4(7(14)5(2-3)23(20,21)22)6-8(15)10(17)12(19)11(18)9(6)16/h1-2H,(H,20,21,22). The first kappa shape index (κ1) is 17.9.